The van der Waals surface area contributed by atoms with E-state index in [1.165, 1.54) is 6.07 Å². The van der Waals surface area contributed by atoms with Crippen molar-refractivity contribution < 1.29 is 22.8 Å². The van der Waals surface area contributed by atoms with Crippen molar-refractivity contribution in [2.24, 2.45) is 17.6 Å². The van der Waals surface area contributed by atoms with Gasteiger partial charge in [0, 0.05) is 54.3 Å². The second-order valence-electron chi connectivity index (χ2n) is 11.4. The Labute approximate surface area is 249 Å². The summed E-state index contributed by atoms with van der Waals surface area (Å²) in [6.45, 7) is 7.36. The van der Waals surface area contributed by atoms with E-state index in [1.807, 2.05) is 47.9 Å². The van der Waals surface area contributed by atoms with Gasteiger partial charge in [0.05, 0.1) is 23.6 Å². The molecule has 11 heteroatoms. The van der Waals surface area contributed by atoms with Gasteiger partial charge in [-0.25, -0.2) is 0 Å². The van der Waals surface area contributed by atoms with Gasteiger partial charge in [0.2, 0.25) is 11.8 Å². The molecule has 6 nitrogen and oxygen atoms in total. The molecule has 2 aromatic rings. The minimum absolute atomic E-state index is 0.114. The number of carbonyl (C=O) groups excluding carboxylic acids is 2. The average Bonchev–Trinajstić information content (AvgIpc) is 3.41. The maximum absolute atomic E-state index is 13.7. The molecule has 0 spiro atoms. The molecule has 4 atom stereocenters. The molecule has 0 aliphatic carbocycles. The van der Waals surface area contributed by atoms with Crippen molar-refractivity contribution in [1.82, 2.24) is 10.2 Å². The normalized spacial score (nSPS) is 21.2. The lowest BCUT2D eigenvalue weighted by molar-refractivity contribution is -0.138. The Kier molecular flexibility index (Phi) is 10.2. The zero-order valence-corrected chi connectivity index (χ0v) is 25.2. The highest BCUT2D eigenvalue weighted by molar-refractivity contribution is 7.99. The smallest absolute Gasteiger partial charge is 0.368 e. The zero-order valence-electron chi connectivity index (χ0n) is 23.6. The number of halogens is 4. The molecule has 0 saturated carbocycles. The van der Waals surface area contributed by atoms with E-state index in [-0.39, 0.29) is 23.7 Å². The van der Waals surface area contributed by atoms with Crippen LogP contribution in [-0.2, 0) is 15.8 Å². The first-order chi connectivity index (χ1) is 19.3. The number of anilines is 1. The number of rotatable bonds is 8. The monoisotopic (exact) mass is 610 g/mol. The summed E-state index contributed by atoms with van der Waals surface area (Å²) in [4.78, 5) is 30.1. The van der Waals surface area contributed by atoms with Gasteiger partial charge in [-0.15, -0.1) is 0 Å². The molecular formula is C30H38ClF3N4O2S. The number of amides is 2. The van der Waals surface area contributed by atoms with Crippen LogP contribution in [0.15, 0.2) is 42.5 Å². The number of benzene rings is 2. The lowest BCUT2D eigenvalue weighted by Gasteiger charge is -2.39. The van der Waals surface area contributed by atoms with E-state index in [2.05, 4.69) is 5.32 Å². The minimum Gasteiger partial charge on any atom is -0.368 e. The Bertz CT molecular complexity index is 1220. The van der Waals surface area contributed by atoms with Crippen molar-refractivity contribution in [2.45, 2.75) is 51.4 Å². The van der Waals surface area contributed by atoms with Gasteiger partial charge in [-0.1, -0.05) is 37.6 Å². The van der Waals surface area contributed by atoms with Crippen LogP contribution in [0.25, 0.3) is 0 Å². The number of hydrogen-bond donors (Lipinski definition) is 2. The second kappa shape index (κ2) is 13.3. The molecule has 2 saturated heterocycles. The molecule has 0 radical (unpaired) electrons. The van der Waals surface area contributed by atoms with Gasteiger partial charge in [0.1, 0.15) is 0 Å². The maximum atomic E-state index is 13.7. The van der Waals surface area contributed by atoms with Gasteiger partial charge in [0.15, 0.2) is 0 Å². The topological polar surface area (TPSA) is 78.7 Å². The third-order valence-corrected chi connectivity index (χ3v) is 9.24. The molecule has 4 rings (SSSR count). The van der Waals surface area contributed by atoms with Crippen LogP contribution in [0.5, 0.6) is 0 Å². The Hall–Kier alpha value is -2.43. The first-order valence-electron chi connectivity index (χ1n) is 14.0. The summed E-state index contributed by atoms with van der Waals surface area (Å²) < 4.78 is 41.2. The highest BCUT2D eigenvalue weighted by atomic mass is 35.5. The van der Waals surface area contributed by atoms with E-state index in [0.717, 1.165) is 29.2 Å². The largest absolute Gasteiger partial charge is 0.416 e. The van der Waals surface area contributed by atoms with Crippen LogP contribution in [0, 0.1) is 11.8 Å². The van der Waals surface area contributed by atoms with Gasteiger partial charge >= 0.3 is 6.18 Å². The fourth-order valence-corrected chi connectivity index (χ4v) is 7.14. The lowest BCUT2D eigenvalue weighted by atomic mass is 9.88. The summed E-state index contributed by atoms with van der Waals surface area (Å²) in [5, 5.41) is 3.54. The highest BCUT2D eigenvalue weighted by Crippen LogP contribution is 2.40. The predicted octanol–water partition coefficient (Wildman–Crippen LogP) is 5.70. The lowest BCUT2D eigenvalue weighted by Crippen LogP contribution is -2.51. The van der Waals surface area contributed by atoms with Crippen LogP contribution in [0.2, 0.25) is 5.02 Å². The molecule has 2 amide bonds. The van der Waals surface area contributed by atoms with E-state index in [0.29, 0.717) is 48.9 Å². The molecule has 224 valence electrons. The van der Waals surface area contributed by atoms with Crippen LogP contribution < -0.4 is 16.0 Å². The van der Waals surface area contributed by atoms with Crippen molar-refractivity contribution in [3.63, 3.8) is 0 Å². The third kappa shape index (κ3) is 7.70. The molecule has 2 fully saturated rings. The fraction of sp³-hybridized carbons (Fsp3) is 0.533. The van der Waals surface area contributed by atoms with E-state index in [4.69, 9.17) is 17.3 Å². The highest BCUT2D eigenvalue weighted by Gasteiger charge is 2.38. The van der Waals surface area contributed by atoms with Crippen molar-refractivity contribution in [2.75, 3.05) is 42.6 Å². The molecule has 3 N–H and O–H groups in total. The first-order valence-corrected chi connectivity index (χ1v) is 15.5. The number of nitrogens with zero attached hydrogens (tertiary/aromatic N) is 2. The first kappa shape index (κ1) is 31.5. The minimum atomic E-state index is -4.52. The van der Waals surface area contributed by atoms with Crippen molar-refractivity contribution in [3.8, 4) is 0 Å². The molecule has 2 aliphatic rings. The summed E-state index contributed by atoms with van der Waals surface area (Å²) in [5.41, 5.74) is 7.17. The van der Waals surface area contributed by atoms with E-state index < -0.39 is 29.7 Å². The number of nitrogens with two attached hydrogens (primary N) is 1. The summed E-state index contributed by atoms with van der Waals surface area (Å²) in [6.07, 6.45) is -4.07. The van der Waals surface area contributed by atoms with Crippen molar-refractivity contribution in [1.29, 1.82) is 0 Å². The van der Waals surface area contributed by atoms with Gasteiger partial charge in [0.25, 0.3) is 0 Å². The Balaban J connectivity index is 1.54. The van der Waals surface area contributed by atoms with Gasteiger partial charge in [-0.05, 0) is 60.7 Å². The van der Waals surface area contributed by atoms with Crippen LogP contribution in [0.1, 0.15) is 55.8 Å². The molecule has 0 bridgehead atoms. The molecule has 41 heavy (non-hydrogen) atoms. The summed E-state index contributed by atoms with van der Waals surface area (Å²) in [6, 6.07) is 9.97. The summed E-state index contributed by atoms with van der Waals surface area (Å²) in [5.74, 6) is 1.43. The van der Waals surface area contributed by atoms with E-state index in [9.17, 15) is 22.8 Å². The van der Waals surface area contributed by atoms with E-state index >= 15 is 0 Å². The van der Waals surface area contributed by atoms with Gasteiger partial charge in [-0.3, -0.25) is 9.59 Å². The molecule has 2 aliphatic heterocycles. The van der Waals surface area contributed by atoms with Crippen LogP contribution >= 0.6 is 23.4 Å². The maximum Gasteiger partial charge on any atom is 0.416 e. The second-order valence-corrected chi connectivity index (χ2v) is 12.9. The third-order valence-electron chi connectivity index (χ3n) is 7.80. The molecule has 0 aromatic heterocycles. The number of piperazine rings is 1. The summed E-state index contributed by atoms with van der Waals surface area (Å²) in [7, 11) is 0. The number of carbonyl (C=O) groups is 2. The Morgan fingerprint density at radius 3 is 2.29 bits per heavy atom. The van der Waals surface area contributed by atoms with Gasteiger partial charge < -0.3 is 20.9 Å². The van der Waals surface area contributed by atoms with E-state index in [1.54, 1.807) is 18.7 Å². The summed E-state index contributed by atoms with van der Waals surface area (Å²) >= 11 is 7.83. The zero-order chi connectivity index (χ0) is 29.9. The predicted molar refractivity (Wildman–Crippen MR) is 159 cm³/mol. The standard InChI is InChI=1S/C30H38ClF3N4O2S/c1-18(2)14-26(36-28(39)19(3)35)23-15-21(30(32,33)34)6-9-27(23)37-10-12-38(13-11-37)29(40)25-17-41-16-24(25)20-4-7-22(31)8-5-20/h4-9,15,18-19,24-26H,10-14,16-17,35H2,1-3H3,(H,36,39)/t19-,24-,25+,26+/m1/s1. The average molecular weight is 611 g/mol. The number of thioether (sulfide) groups is 1. The van der Waals surface area contributed by atoms with Crippen LogP contribution in [-0.4, -0.2) is 60.4 Å². The molecular weight excluding hydrogens is 573 g/mol. The van der Waals surface area contributed by atoms with Crippen molar-refractivity contribution >= 4 is 40.9 Å². The SMILES string of the molecule is CC(C)C[C@H](NC(=O)[C@@H](C)N)c1cc(C(F)(F)F)ccc1N1CCN(C(=O)[C@H]2CSC[C@@H]2c2ccc(Cl)cc2)CC1. The number of nitrogens with one attached hydrogen (secondary N) is 1. The Morgan fingerprint density at radius 1 is 1.05 bits per heavy atom. The van der Waals surface area contributed by atoms with Crippen LogP contribution in [0.3, 0.4) is 0 Å². The molecule has 2 heterocycles. The number of alkyl halides is 3. The quantitative estimate of drug-likeness (QED) is 0.401. The molecule has 0 unspecified atom stereocenters. The number of hydrogen-bond acceptors (Lipinski definition) is 5. The fourth-order valence-electron chi connectivity index (χ4n) is 5.57. The molecule has 2 aromatic carbocycles. The van der Waals surface area contributed by atoms with Crippen LogP contribution in [0.4, 0.5) is 18.9 Å². The Morgan fingerprint density at radius 2 is 1.71 bits per heavy atom. The van der Waals surface area contributed by atoms with Crippen molar-refractivity contribution in [3.05, 3.63) is 64.2 Å². The van der Waals surface area contributed by atoms with Gasteiger partial charge in [-0.2, -0.15) is 24.9 Å².